The molecule has 6 rings (SSSR count). The quantitative estimate of drug-likeness (QED) is 0.281. The maximum Gasteiger partial charge on any atom is 0.281 e. The van der Waals surface area contributed by atoms with Gasteiger partial charge in [-0.05, 0) is 51.3 Å². The number of epoxide rings is 1. The zero-order valence-electron chi connectivity index (χ0n) is 22.3. The van der Waals surface area contributed by atoms with Gasteiger partial charge in [0.2, 0.25) is 0 Å². The van der Waals surface area contributed by atoms with Crippen LogP contribution < -0.4 is 5.32 Å². The molecule has 1 N–H and O–H groups in total. The Bertz CT molecular complexity index is 1320. The molecule has 0 unspecified atom stereocenters. The fourth-order valence-electron chi connectivity index (χ4n) is 6.15. The van der Waals surface area contributed by atoms with Crippen molar-refractivity contribution < 1.29 is 19.2 Å². The zero-order valence-corrected chi connectivity index (χ0v) is 22.3. The van der Waals surface area contributed by atoms with Crippen LogP contribution in [0.15, 0.2) is 84.9 Å². The maximum atomic E-state index is 11.5. The van der Waals surface area contributed by atoms with Gasteiger partial charge in [0.25, 0.3) is 11.6 Å². The highest BCUT2D eigenvalue weighted by Crippen LogP contribution is 2.75. The summed E-state index contributed by atoms with van der Waals surface area (Å²) in [5, 5.41) is 17.1. The van der Waals surface area contributed by atoms with Crippen LogP contribution in [0.1, 0.15) is 57.4 Å². The van der Waals surface area contributed by atoms with Gasteiger partial charge in [-0.2, -0.15) is 5.06 Å². The van der Waals surface area contributed by atoms with Crippen molar-refractivity contribution in [3.63, 3.8) is 0 Å². The Balaban J connectivity index is 1.64. The Kier molecular flexibility index (Phi) is 5.41. The van der Waals surface area contributed by atoms with Crippen molar-refractivity contribution in [3.8, 4) is 0 Å². The van der Waals surface area contributed by atoms with Gasteiger partial charge in [-0.1, -0.05) is 72.8 Å². The summed E-state index contributed by atoms with van der Waals surface area (Å²) in [4.78, 5) is 17.9. The SMILES string of the molecule is CC1(C)CO[C@]2(N1)ON(C(C)(C)C)[C@H](c1ccc([N+](=O)[O-])cc1)[C@@]21OC1(c1ccccc1)c1ccccc1. The van der Waals surface area contributed by atoms with E-state index in [1.165, 1.54) is 12.1 Å². The number of nitrogens with zero attached hydrogens (tertiary/aromatic N) is 2. The van der Waals surface area contributed by atoms with Crippen LogP contribution in [0, 0.1) is 10.1 Å². The number of ether oxygens (including phenoxy) is 2. The summed E-state index contributed by atoms with van der Waals surface area (Å²) < 4.78 is 13.8. The smallest absolute Gasteiger partial charge is 0.281 e. The third kappa shape index (κ3) is 3.41. The molecule has 3 aromatic rings. The molecule has 0 radical (unpaired) electrons. The number of hydrogen-bond donors (Lipinski definition) is 1. The fourth-order valence-corrected chi connectivity index (χ4v) is 6.15. The van der Waals surface area contributed by atoms with Crippen LogP contribution in [0.25, 0.3) is 0 Å². The van der Waals surface area contributed by atoms with Crippen molar-refractivity contribution in [2.45, 2.75) is 68.9 Å². The molecule has 198 valence electrons. The predicted octanol–water partition coefficient (Wildman–Crippen LogP) is 5.45. The van der Waals surface area contributed by atoms with E-state index in [9.17, 15) is 10.1 Å². The fraction of sp³-hybridized carbons (Fsp3) is 0.400. The second kappa shape index (κ2) is 8.18. The first-order valence-electron chi connectivity index (χ1n) is 12.9. The van der Waals surface area contributed by atoms with Gasteiger partial charge in [0.15, 0.2) is 11.2 Å². The number of fused-ring (bicyclic) bond motifs is 1. The maximum absolute atomic E-state index is 11.5. The van der Waals surface area contributed by atoms with Crippen LogP contribution in [-0.4, -0.2) is 39.2 Å². The van der Waals surface area contributed by atoms with Gasteiger partial charge in [-0.15, -0.1) is 0 Å². The monoisotopic (exact) mass is 515 g/mol. The normalized spacial score (nSPS) is 29.7. The van der Waals surface area contributed by atoms with Crippen molar-refractivity contribution in [3.05, 3.63) is 112 Å². The van der Waals surface area contributed by atoms with E-state index >= 15 is 0 Å². The lowest BCUT2D eigenvalue weighted by atomic mass is 9.73. The lowest BCUT2D eigenvalue weighted by molar-refractivity contribution is -0.384. The first kappa shape index (κ1) is 25.2. The number of nitrogens with one attached hydrogen (secondary N) is 1. The van der Waals surface area contributed by atoms with E-state index in [2.05, 4.69) is 64.2 Å². The van der Waals surface area contributed by atoms with E-state index in [0.717, 1.165) is 16.7 Å². The van der Waals surface area contributed by atoms with Crippen LogP contribution in [0.3, 0.4) is 0 Å². The van der Waals surface area contributed by atoms with Gasteiger partial charge in [-0.3, -0.25) is 15.4 Å². The average Bonchev–Trinajstić information content (AvgIpc) is 3.39. The van der Waals surface area contributed by atoms with Crippen LogP contribution in [0.2, 0.25) is 0 Å². The molecule has 8 nitrogen and oxygen atoms in total. The number of hydroxylamine groups is 2. The number of nitro benzene ring substituents is 1. The Morgan fingerprint density at radius 2 is 1.47 bits per heavy atom. The largest absolute Gasteiger partial charge is 0.342 e. The lowest BCUT2D eigenvalue weighted by Crippen LogP contribution is -2.59. The van der Waals surface area contributed by atoms with Gasteiger partial charge in [-0.25, -0.2) is 4.84 Å². The minimum atomic E-state index is -1.32. The van der Waals surface area contributed by atoms with Crippen LogP contribution in [0.5, 0.6) is 0 Å². The van der Waals surface area contributed by atoms with Crippen molar-refractivity contribution in [2.75, 3.05) is 6.61 Å². The predicted molar refractivity (Wildman–Crippen MR) is 142 cm³/mol. The Morgan fingerprint density at radius 3 is 1.92 bits per heavy atom. The second-order valence-electron chi connectivity index (χ2n) is 12.0. The molecule has 0 aromatic heterocycles. The number of hydrogen-bond acceptors (Lipinski definition) is 7. The van der Waals surface area contributed by atoms with E-state index in [0.29, 0.717) is 6.61 Å². The Labute approximate surface area is 222 Å². The first-order chi connectivity index (χ1) is 18.0. The minimum absolute atomic E-state index is 0.0317. The molecule has 0 aliphatic carbocycles. The average molecular weight is 516 g/mol. The molecule has 3 aliphatic rings. The van der Waals surface area contributed by atoms with Crippen molar-refractivity contribution in [1.82, 2.24) is 10.4 Å². The summed E-state index contributed by atoms with van der Waals surface area (Å²) in [6.07, 6.45) is 0. The molecule has 0 bridgehead atoms. The topological polar surface area (TPSA) is 89.4 Å². The van der Waals surface area contributed by atoms with E-state index in [1.807, 2.05) is 41.5 Å². The highest BCUT2D eigenvalue weighted by atomic mass is 16.9. The molecule has 2 spiro atoms. The molecule has 3 heterocycles. The molecule has 3 saturated heterocycles. The molecule has 38 heavy (non-hydrogen) atoms. The molecule has 3 atom stereocenters. The van der Waals surface area contributed by atoms with Crippen molar-refractivity contribution in [2.24, 2.45) is 0 Å². The molecular weight excluding hydrogens is 482 g/mol. The van der Waals surface area contributed by atoms with E-state index in [4.69, 9.17) is 14.3 Å². The standard InChI is InChI=1S/C30H33N3O5/c1-26(2,3)32-25(21-16-18-24(19-17-21)33(34)35)29(30(38-32)31-27(4,5)20-36-30)28(37-29,22-12-8-6-9-13-22)23-14-10-7-11-15-23/h6-19,25,31H,20H2,1-5H3/t25-,29+,30+/m1/s1. The molecule has 3 aromatic carbocycles. The summed E-state index contributed by atoms with van der Waals surface area (Å²) in [7, 11) is 0. The number of benzene rings is 3. The third-order valence-corrected chi connectivity index (χ3v) is 7.71. The highest BCUT2D eigenvalue weighted by molar-refractivity contribution is 5.53. The van der Waals surface area contributed by atoms with Crippen LogP contribution in [0.4, 0.5) is 5.69 Å². The lowest BCUT2D eigenvalue weighted by Gasteiger charge is -2.35. The molecule has 8 heteroatoms. The Hall–Kier alpha value is -3.14. The van der Waals surface area contributed by atoms with E-state index in [1.54, 1.807) is 12.1 Å². The summed E-state index contributed by atoms with van der Waals surface area (Å²) in [5.74, 6) is -1.32. The first-order valence-corrected chi connectivity index (χ1v) is 12.9. The summed E-state index contributed by atoms with van der Waals surface area (Å²) in [6.45, 7) is 10.8. The van der Waals surface area contributed by atoms with Gasteiger partial charge in [0.1, 0.15) is 6.04 Å². The number of nitro groups is 1. The molecule has 3 fully saturated rings. The highest BCUT2D eigenvalue weighted by Gasteiger charge is 2.91. The van der Waals surface area contributed by atoms with Crippen molar-refractivity contribution >= 4 is 5.69 Å². The number of non-ortho nitro benzene ring substituents is 1. The number of rotatable bonds is 4. The molecule has 0 amide bonds. The minimum Gasteiger partial charge on any atom is -0.342 e. The van der Waals surface area contributed by atoms with E-state index in [-0.39, 0.29) is 16.1 Å². The van der Waals surface area contributed by atoms with Gasteiger partial charge < -0.3 is 9.47 Å². The summed E-state index contributed by atoms with van der Waals surface area (Å²) in [6, 6.07) is 26.5. The van der Waals surface area contributed by atoms with Gasteiger partial charge in [0.05, 0.1) is 11.5 Å². The van der Waals surface area contributed by atoms with Gasteiger partial charge in [0, 0.05) is 23.2 Å². The molecular formula is C30H33N3O5. The van der Waals surface area contributed by atoms with Gasteiger partial charge >= 0.3 is 0 Å². The summed E-state index contributed by atoms with van der Waals surface area (Å²) >= 11 is 0. The van der Waals surface area contributed by atoms with Crippen molar-refractivity contribution in [1.29, 1.82) is 0 Å². The summed E-state index contributed by atoms with van der Waals surface area (Å²) in [5.41, 5.74) is -0.0121. The second-order valence-corrected chi connectivity index (χ2v) is 12.0. The third-order valence-electron chi connectivity index (χ3n) is 7.71. The molecule has 3 aliphatic heterocycles. The van der Waals surface area contributed by atoms with E-state index < -0.39 is 28.7 Å². The zero-order chi connectivity index (χ0) is 27.0. The Morgan fingerprint density at radius 1 is 0.921 bits per heavy atom. The molecule has 0 saturated carbocycles. The van der Waals surface area contributed by atoms with Crippen LogP contribution >= 0.6 is 0 Å². The van der Waals surface area contributed by atoms with Crippen LogP contribution in [-0.2, 0) is 19.9 Å².